The van der Waals surface area contributed by atoms with Crippen LogP contribution >= 0.6 is 0 Å². The Labute approximate surface area is 124 Å². The molecular formula is C14H19N3O3S. The zero-order valence-corrected chi connectivity index (χ0v) is 13.1. The van der Waals surface area contributed by atoms with Gasteiger partial charge in [0, 0.05) is 17.9 Å². The number of rotatable bonds is 6. The number of hydrogen-bond donors (Lipinski definition) is 1. The average molecular weight is 309 g/mol. The quantitative estimate of drug-likeness (QED) is 0.881. The van der Waals surface area contributed by atoms with Gasteiger partial charge < -0.3 is 9.84 Å². The Hall–Kier alpha value is -1.89. The van der Waals surface area contributed by atoms with E-state index in [4.69, 9.17) is 4.52 Å². The van der Waals surface area contributed by atoms with Crippen LogP contribution in [0.15, 0.2) is 28.8 Å². The van der Waals surface area contributed by atoms with Crippen LogP contribution in [0.4, 0.5) is 6.01 Å². The second kappa shape index (κ2) is 6.26. The van der Waals surface area contributed by atoms with Crippen molar-refractivity contribution in [2.75, 3.05) is 17.3 Å². The van der Waals surface area contributed by atoms with Gasteiger partial charge in [-0.15, -0.1) is 0 Å². The zero-order chi connectivity index (χ0) is 15.5. The van der Waals surface area contributed by atoms with Crippen molar-refractivity contribution >= 4 is 15.9 Å². The first kappa shape index (κ1) is 15.5. The summed E-state index contributed by atoms with van der Waals surface area (Å²) in [5.74, 6) is 0.632. The van der Waals surface area contributed by atoms with Gasteiger partial charge in [0.05, 0.1) is 5.75 Å². The van der Waals surface area contributed by atoms with Crippen LogP contribution in [0.25, 0.3) is 11.4 Å². The molecule has 114 valence electrons. The molecule has 2 aromatic rings. The third kappa shape index (κ3) is 4.86. The lowest BCUT2D eigenvalue weighted by atomic mass is 10.1. The minimum Gasteiger partial charge on any atom is -0.335 e. The van der Waals surface area contributed by atoms with E-state index in [0.717, 1.165) is 11.1 Å². The van der Waals surface area contributed by atoms with Gasteiger partial charge in [-0.3, -0.25) is 0 Å². The Balaban J connectivity index is 1.98. The summed E-state index contributed by atoms with van der Waals surface area (Å²) in [6.07, 6.45) is 1.71. The number of benzene rings is 1. The number of hydrogen-bond acceptors (Lipinski definition) is 6. The monoisotopic (exact) mass is 309 g/mol. The van der Waals surface area contributed by atoms with E-state index in [-0.39, 0.29) is 11.8 Å². The van der Waals surface area contributed by atoms with Gasteiger partial charge in [0.25, 0.3) is 0 Å². The van der Waals surface area contributed by atoms with E-state index >= 15 is 0 Å². The van der Waals surface area contributed by atoms with Crippen molar-refractivity contribution in [3.8, 4) is 11.4 Å². The number of anilines is 1. The summed E-state index contributed by atoms with van der Waals surface area (Å²) in [4.78, 5) is 4.26. The standard InChI is InChI=1S/C14H19N3O3S/c1-10-4-6-12(7-5-10)13-16-14(20-17-13)15-11(2)8-9-21(3,18)19/h4-7,11H,8-9H2,1-3H3,(H,15,16,17). The Bertz CT molecular complexity index is 693. The van der Waals surface area contributed by atoms with E-state index in [1.54, 1.807) is 0 Å². The third-order valence-corrected chi connectivity index (χ3v) is 4.00. The molecule has 0 aliphatic carbocycles. The highest BCUT2D eigenvalue weighted by molar-refractivity contribution is 7.90. The maximum absolute atomic E-state index is 11.1. The molecule has 1 atom stereocenters. The highest BCUT2D eigenvalue weighted by atomic mass is 32.2. The first-order chi connectivity index (χ1) is 9.83. The zero-order valence-electron chi connectivity index (χ0n) is 12.3. The Morgan fingerprint density at radius 3 is 2.57 bits per heavy atom. The molecule has 1 heterocycles. The number of aryl methyl sites for hydroxylation is 1. The van der Waals surface area contributed by atoms with E-state index in [0.29, 0.717) is 18.3 Å². The van der Waals surface area contributed by atoms with Crippen LogP contribution in [0.2, 0.25) is 0 Å². The predicted molar refractivity (Wildman–Crippen MR) is 81.9 cm³/mol. The lowest BCUT2D eigenvalue weighted by molar-refractivity contribution is 0.428. The van der Waals surface area contributed by atoms with Crippen LogP contribution in [0.1, 0.15) is 18.9 Å². The molecule has 2 rings (SSSR count). The number of sulfone groups is 1. The molecule has 21 heavy (non-hydrogen) atoms. The molecule has 0 amide bonds. The fraction of sp³-hybridized carbons (Fsp3) is 0.429. The van der Waals surface area contributed by atoms with Gasteiger partial charge in [0.2, 0.25) is 5.82 Å². The highest BCUT2D eigenvalue weighted by Gasteiger charge is 2.12. The molecule has 0 spiro atoms. The second-order valence-corrected chi connectivity index (χ2v) is 7.51. The molecule has 0 aliphatic heterocycles. The van der Waals surface area contributed by atoms with Crippen molar-refractivity contribution in [1.29, 1.82) is 0 Å². The fourth-order valence-corrected chi connectivity index (χ4v) is 2.56. The van der Waals surface area contributed by atoms with Crippen molar-refractivity contribution < 1.29 is 12.9 Å². The van der Waals surface area contributed by atoms with Crippen LogP contribution < -0.4 is 5.32 Å². The van der Waals surface area contributed by atoms with Crippen molar-refractivity contribution in [3.63, 3.8) is 0 Å². The maximum atomic E-state index is 11.1. The van der Waals surface area contributed by atoms with Gasteiger partial charge in [0.15, 0.2) is 0 Å². The van der Waals surface area contributed by atoms with E-state index in [1.165, 1.54) is 6.26 Å². The van der Waals surface area contributed by atoms with Crippen LogP contribution in [0.3, 0.4) is 0 Å². The van der Waals surface area contributed by atoms with Crippen molar-refractivity contribution in [3.05, 3.63) is 29.8 Å². The van der Waals surface area contributed by atoms with Gasteiger partial charge in [-0.2, -0.15) is 4.98 Å². The highest BCUT2D eigenvalue weighted by Crippen LogP contribution is 2.18. The van der Waals surface area contributed by atoms with Crippen molar-refractivity contribution in [2.24, 2.45) is 0 Å². The summed E-state index contributed by atoms with van der Waals surface area (Å²) >= 11 is 0. The summed E-state index contributed by atoms with van der Waals surface area (Å²) < 4.78 is 27.4. The van der Waals surface area contributed by atoms with Gasteiger partial charge in [-0.05, 0) is 20.3 Å². The van der Waals surface area contributed by atoms with Crippen LogP contribution in [0, 0.1) is 6.92 Å². The molecule has 0 fully saturated rings. The van der Waals surface area contributed by atoms with Gasteiger partial charge in [0.1, 0.15) is 9.84 Å². The van der Waals surface area contributed by atoms with Crippen molar-refractivity contribution in [2.45, 2.75) is 26.3 Å². The fourth-order valence-electron chi connectivity index (χ4n) is 1.78. The van der Waals surface area contributed by atoms with E-state index in [1.807, 2.05) is 38.1 Å². The van der Waals surface area contributed by atoms with E-state index in [9.17, 15) is 8.42 Å². The minimum atomic E-state index is -2.96. The summed E-state index contributed by atoms with van der Waals surface area (Å²) in [5.41, 5.74) is 2.04. The van der Waals surface area contributed by atoms with E-state index < -0.39 is 9.84 Å². The molecule has 0 aliphatic rings. The first-order valence-electron chi connectivity index (χ1n) is 6.68. The van der Waals surface area contributed by atoms with Gasteiger partial charge in [-0.25, -0.2) is 8.42 Å². The summed E-state index contributed by atoms with van der Waals surface area (Å²) in [6.45, 7) is 3.89. The molecule has 0 saturated heterocycles. The molecule has 1 N–H and O–H groups in total. The lowest BCUT2D eigenvalue weighted by Gasteiger charge is -2.10. The first-order valence-corrected chi connectivity index (χ1v) is 8.74. The second-order valence-electron chi connectivity index (χ2n) is 5.25. The van der Waals surface area contributed by atoms with E-state index in [2.05, 4.69) is 15.5 Å². The normalized spacial score (nSPS) is 13.1. The Morgan fingerprint density at radius 2 is 1.95 bits per heavy atom. The molecular weight excluding hydrogens is 290 g/mol. The maximum Gasteiger partial charge on any atom is 0.321 e. The molecule has 0 radical (unpaired) electrons. The summed E-state index contributed by atoms with van der Waals surface area (Å²) in [5, 5.41) is 6.92. The molecule has 7 heteroatoms. The largest absolute Gasteiger partial charge is 0.335 e. The van der Waals surface area contributed by atoms with Gasteiger partial charge >= 0.3 is 6.01 Å². The molecule has 1 aromatic carbocycles. The number of aromatic nitrogens is 2. The molecule has 1 aromatic heterocycles. The Morgan fingerprint density at radius 1 is 1.29 bits per heavy atom. The molecule has 1 unspecified atom stereocenters. The topological polar surface area (TPSA) is 85.1 Å². The van der Waals surface area contributed by atoms with Crippen LogP contribution in [-0.4, -0.2) is 36.6 Å². The average Bonchev–Trinajstić information content (AvgIpc) is 2.85. The summed E-state index contributed by atoms with van der Waals surface area (Å²) in [6, 6.07) is 8.05. The Kier molecular flexibility index (Phi) is 4.62. The van der Waals surface area contributed by atoms with Crippen LogP contribution in [-0.2, 0) is 9.84 Å². The smallest absolute Gasteiger partial charge is 0.321 e. The summed E-state index contributed by atoms with van der Waals surface area (Å²) in [7, 11) is -2.96. The molecule has 0 bridgehead atoms. The van der Waals surface area contributed by atoms with Crippen molar-refractivity contribution in [1.82, 2.24) is 10.1 Å². The lowest BCUT2D eigenvalue weighted by Crippen LogP contribution is -2.19. The van der Waals surface area contributed by atoms with Gasteiger partial charge in [-0.1, -0.05) is 35.0 Å². The third-order valence-electron chi connectivity index (χ3n) is 3.03. The van der Waals surface area contributed by atoms with Crippen LogP contribution in [0.5, 0.6) is 0 Å². The molecule has 0 saturated carbocycles. The molecule has 6 nitrogen and oxygen atoms in total. The minimum absolute atomic E-state index is 0.0638. The predicted octanol–water partition coefficient (Wildman–Crippen LogP) is 2.28. The SMILES string of the molecule is Cc1ccc(-c2noc(NC(C)CCS(C)(=O)=O)n2)cc1. The number of nitrogens with zero attached hydrogens (tertiary/aromatic N) is 2. The number of nitrogens with one attached hydrogen (secondary N) is 1.